The third-order valence-electron chi connectivity index (χ3n) is 3.87. The number of piperidine rings is 1. The van der Waals surface area contributed by atoms with Crippen molar-refractivity contribution in [3.8, 4) is 0 Å². The van der Waals surface area contributed by atoms with Crippen molar-refractivity contribution >= 4 is 17.3 Å². The van der Waals surface area contributed by atoms with Gasteiger partial charge in [-0.15, -0.1) is 0 Å². The molecule has 104 valence electrons. The third kappa shape index (κ3) is 3.70. The van der Waals surface area contributed by atoms with Gasteiger partial charge in [-0.25, -0.2) is 0 Å². The van der Waals surface area contributed by atoms with Gasteiger partial charge in [-0.2, -0.15) is 0 Å². The molecule has 2 rings (SSSR count). The first kappa shape index (κ1) is 13.9. The number of nitrogens with two attached hydrogens (primary N) is 1. The summed E-state index contributed by atoms with van der Waals surface area (Å²) in [5, 5.41) is 2.91. The average Bonchev–Trinajstić information content (AvgIpc) is 2.34. The quantitative estimate of drug-likeness (QED) is 0.822. The highest BCUT2D eigenvalue weighted by atomic mass is 16.2. The van der Waals surface area contributed by atoms with E-state index in [1.165, 1.54) is 19.3 Å². The van der Waals surface area contributed by atoms with E-state index in [1.54, 1.807) is 6.07 Å². The molecule has 2 atom stereocenters. The minimum atomic E-state index is 0.0335. The van der Waals surface area contributed by atoms with Gasteiger partial charge in [0.2, 0.25) is 5.91 Å². The molecule has 4 heteroatoms. The number of carbonyl (C=O) groups is 1. The maximum Gasteiger partial charge on any atom is 0.238 e. The zero-order valence-electron chi connectivity index (χ0n) is 11.7. The molecule has 0 bridgehead atoms. The lowest BCUT2D eigenvalue weighted by Crippen LogP contribution is -2.47. The molecule has 1 aliphatic rings. The van der Waals surface area contributed by atoms with Crippen LogP contribution in [0.15, 0.2) is 24.3 Å². The van der Waals surface area contributed by atoms with Crippen molar-refractivity contribution in [3.05, 3.63) is 24.3 Å². The van der Waals surface area contributed by atoms with Crippen LogP contribution in [0.2, 0.25) is 0 Å². The minimum absolute atomic E-state index is 0.0335. The van der Waals surface area contributed by atoms with Crippen molar-refractivity contribution in [1.82, 2.24) is 4.90 Å². The number of amides is 1. The number of hydrogen-bond donors (Lipinski definition) is 2. The maximum absolute atomic E-state index is 12.1. The standard InChI is InChI=1S/C15H23N3O/c1-11-5-3-6-12(2)18(11)10-15(19)17-14-8-4-7-13(16)9-14/h4,7-9,11-12H,3,5-6,10,16H2,1-2H3,(H,17,19). The van der Waals surface area contributed by atoms with E-state index in [-0.39, 0.29) is 5.91 Å². The normalized spacial score (nSPS) is 24.1. The minimum Gasteiger partial charge on any atom is -0.399 e. The summed E-state index contributed by atoms with van der Waals surface area (Å²) in [6.07, 6.45) is 3.61. The molecule has 1 aromatic rings. The predicted octanol–water partition coefficient (Wildman–Crippen LogP) is 2.47. The molecule has 0 saturated carbocycles. The number of nitrogen functional groups attached to an aromatic ring is 1. The number of anilines is 2. The molecular formula is C15H23N3O. The molecule has 0 aromatic heterocycles. The number of nitrogens with one attached hydrogen (secondary N) is 1. The summed E-state index contributed by atoms with van der Waals surface area (Å²) in [6, 6.07) is 8.26. The Bertz CT molecular complexity index is 437. The van der Waals surface area contributed by atoms with Gasteiger partial charge >= 0.3 is 0 Å². The Labute approximate surface area is 115 Å². The summed E-state index contributed by atoms with van der Waals surface area (Å²) in [6.45, 7) is 4.85. The fourth-order valence-corrected chi connectivity index (χ4v) is 2.77. The zero-order chi connectivity index (χ0) is 13.8. The van der Waals surface area contributed by atoms with Gasteiger partial charge < -0.3 is 11.1 Å². The Kier molecular flexibility index (Phi) is 4.43. The smallest absolute Gasteiger partial charge is 0.238 e. The summed E-state index contributed by atoms with van der Waals surface area (Å²) in [7, 11) is 0. The Morgan fingerprint density at radius 2 is 2.05 bits per heavy atom. The van der Waals surface area contributed by atoms with E-state index in [0.29, 0.717) is 24.3 Å². The topological polar surface area (TPSA) is 58.4 Å². The van der Waals surface area contributed by atoms with E-state index in [9.17, 15) is 4.79 Å². The van der Waals surface area contributed by atoms with Gasteiger partial charge in [0.1, 0.15) is 0 Å². The molecule has 1 saturated heterocycles. The molecule has 0 radical (unpaired) electrons. The van der Waals surface area contributed by atoms with Crippen LogP contribution >= 0.6 is 0 Å². The molecule has 0 spiro atoms. The Balaban J connectivity index is 1.93. The summed E-state index contributed by atoms with van der Waals surface area (Å²) in [5.74, 6) is 0.0335. The van der Waals surface area contributed by atoms with E-state index >= 15 is 0 Å². The lowest BCUT2D eigenvalue weighted by Gasteiger charge is -2.38. The van der Waals surface area contributed by atoms with Gasteiger partial charge in [-0.05, 0) is 44.9 Å². The molecule has 2 unspecified atom stereocenters. The van der Waals surface area contributed by atoms with Crippen molar-refractivity contribution in [2.75, 3.05) is 17.6 Å². The molecule has 1 amide bonds. The average molecular weight is 261 g/mol. The zero-order valence-corrected chi connectivity index (χ0v) is 11.7. The number of hydrogen-bond acceptors (Lipinski definition) is 3. The largest absolute Gasteiger partial charge is 0.399 e. The SMILES string of the molecule is CC1CCCC(C)N1CC(=O)Nc1cccc(N)c1. The van der Waals surface area contributed by atoms with E-state index in [1.807, 2.05) is 18.2 Å². The van der Waals surface area contributed by atoms with E-state index in [0.717, 1.165) is 5.69 Å². The van der Waals surface area contributed by atoms with Crippen LogP contribution in [0.3, 0.4) is 0 Å². The van der Waals surface area contributed by atoms with Crippen LogP contribution in [-0.2, 0) is 4.79 Å². The van der Waals surface area contributed by atoms with Crippen molar-refractivity contribution < 1.29 is 4.79 Å². The Hall–Kier alpha value is -1.55. The van der Waals surface area contributed by atoms with Gasteiger partial charge in [-0.1, -0.05) is 12.5 Å². The summed E-state index contributed by atoms with van der Waals surface area (Å²) in [5.41, 5.74) is 7.13. The van der Waals surface area contributed by atoms with E-state index in [2.05, 4.69) is 24.1 Å². The van der Waals surface area contributed by atoms with Crippen LogP contribution in [0.1, 0.15) is 33.1 Å². The number of benzene rings is 1. The van der Waals surface area contributed by atoms with Crippen molar-refractivity contribution in [3.63, 3.8) is 0 Å². The van der Waals surface area contributed by atoms with Crippen LogP contribution < -0.4 is 11.1 Å². The van der Waals surface area contributed by atoms with Crippen molar-refractivity contribution in [2.24, 2.45) is 0 Å². The molecule has 1 aliphatic heterocycles. The van der Waals surface area contributed by atoms with Crippen LogP contribution in [0, 0.1) is 0 Å². The van der Waals surface area contributed by atoms with Gasteiger partial charge in [0.05, 0.1) is 6.54 Å². The molecular weight excluding hydrogens is 238 g/mol. The first-order chi connectivity index (χ1) is 9.06. The summed E-state index contributed by atoms with van der Waals surface area (Å²) >= 11 is 0. The lowest BCUT2D eigenvalue weighted by atomic mass is 9.97. The van der Waals surface area contributed by atoms with Crippen LogP contribution in [-0.4, -0.2) is 29.4 Å². The maximum atomic E-state index is 12.1. The molecule has 1 heterocycles. The molecule has 4 nitrogen and oxygen atoms in total. The number of rotatable bonds is 3. The second-order valence-corrected chi connectivity index (χ2v) is 5.47. The number of likely N-dealkylation sites (tertiary alicyclic amines) is 1. The fraction of sp³-hybridized carbons (Fsp3) is 0.533. The van der Waals surface area contributed by atoms with Gasteiger partial charge in [-0.3, -0.25) is 9.69 Å². The van der Waals surface area contributed by atoms with Gasteiger partial charge in [0, 0.05) is 23.5 Å². The second-order valence-electron chi connectivity index (χ2n) is 5.47. The van der Waals surface area contributed by atoms with Crippen molar-refractivity contribution in [1.29, 1.82) is 0 Å². The van der Waals surface area contributed by atoms with Crippen LogP contribution in [0.5, 0.6) is 0 Å². The molecule has 1 aromatic carbocycles. The highest BCUT2D eigenvalue weighted by molar-refractivity contribution is 5.92. The fourth-order valence-electron chi connectivity index (χ4n) is 2.77. The number of nitrogens with zero attached hydrogens (tertiary/aromatic N) is 1. The third-order valence-corrected chi connectivity index (χ3v) is 3.87. The number of carbonyl (C=O) groups excluding carboxylic acids is 1. The second kappa shape index (κ2) is 6.06. The molecule has 19 heavy (non-hydrogen) atoms. The van der Waals surface area contributed by atoms with Crippen LogP contribution in [0.4, 0.5) is 11.4 Å². The van der Waals surface area contributed by atoms with Crippen LogP contribution in [0.25, 0.3) is 0 Å². The van der Waals surface area contributed by atoms with Crippen molar-refractivity contribution in [2.45, 2.75) is 45.2 Å². The van der Waals surface area contributed by atoms with Gasteiger partial charge in [0.25, 0.3) is 0 Å². The first-order valence-corrected chi connectivity index (χ1v) is 6.97. The Morgan fingerprint density at radius 3 is 2.68 bits per heavy atom. The lowest BCUT2D eigenvalue weighted by molar-refractivity contribution is -0.118. The molecule has 3 N–H and O–H groups in total. The van der Waals surface area contributed by atoms with E-state index < -0.39 is 0 Å². The highest BCUT2D eigenvalue weighted by Gasteiger charge is 2.26. The van der Waals surface area contributed by atoms with E-state index in [4.69, 9.17) is 5.73 Å². The Morgan fingerprint density at radius 1 is 1.37 bits per heavy atom. The van der Waals surface area contributed by atoms with Gasteiger partial charge in [0.15, 0.2) is 0 Å². The molecule has 1 fully saturated rings. The highest BCUT2D eigenvalue weighted by Crippen LogP contribution is 2.22. The molecule has 0 aliphatic carbocycles. The predicted molar refractivity (Wildman–Crippen MR) is 79.0 cm³/mol. The summed E-state index contributed by atoms with van der Waals surface area (Å²) < 4.78 is 0. The summed E-state index contributed by atoms with van der Waals surface area (Å²) in [4.78, 5) is 14.4. The monoisotopic (exact) mass is 261 g/mol. The first-order valence-electron chi connectivity index (χ1n) is 6.97.